The zero-order valence-corrected chi connectivity index (χ0v) is 18.6. The molecule has 1 aliphatic heterocycles. The van der Waals surface area contributed by atoms with Crippen LogP contribution in [0.3, 0.4) is 0 Å². The van der Waals surface area contributed by atoms with E-state index in [2.05, 4.69) is 5.32 Å². The number of nitrogens with one attached hydrogen (secondary N) is 1. The number of anilines is 1. The van der Waals surface area contributed by atoms with E-state index in [-0.39, 0.29) is 23.9 Å². The third kappa shape index (κ3) is 5.33. The quantitative estimate of drug-likeness (QED) is 0.403. The zero-order chi connectivity index (χ0) is 24.3. The molecule has 176 valence electrons. The minimum atomic E-state index is -4.67. The van der Waals surface area contributed by atoms with Gasteiger partial charge in [-0.3, -0.25) is 20.2 Å². The molecule has 0 spiro atoms. The predicted octanol–water partition coefficient (Wildman–Crippen LogP) is 3.77. The number of ether oxygens (including phenoxy) is 1. The monoisotopic (exact) mass is 482 g/mol. The van der Waals surface area contributed by atoms with Crippen molar-refractivity contribution in [1.29, 1.82) is 0 Å². The normalized spacial score (nSPS) is 14.1. The van der Waals surface area contributed by atoms with Gasteiger partial charge in [0.05, 0.1) is 23.2 Å². The van der Waals surface area contributed by atoms with Crippen molar-refractivity contribution in [3.05, 3.63) is 63.2 Å². The summed E-state index contributed by atoms with van der Waals surface area (Å²) in [5.74, 6) is 0.0126. The van der Waals surface area contributed by atoms with Crippen LogP contribution in [0.15, 0.2) is 36.4 Å². The summed E-state index contributed by atoms with van der Waals surface area (Å²) < 4.78 is 44.1. The first kappa shape index (κ1) is 24.2. The fraction of sp³-hybridized carbons (Fsp3) is 0.333. The Balaban J connectivity index is 1.68. The first-order chi connectivity index (χ1) is 15.5. The Hall–Kier alpha value is -3.41. The van der Waals surface area contributed by atoms with Crippen molar-refractivity contribution < 1.29 is 27.6 Å². The third-order valence-corrected chi connectivity index (χ3v) is 5.65. The van der Waals surface area contributed by atoms with Gasteiger partial charge in [0.25, 0.3) is 11.6 Å². The lowest BCUT2D eigenvalue weighted by Crippen LogP contribution is -2.52. The number of methoxy groups -OCH3 is 1. The molecule has 8 nitrogen and oxygen atoms in total. The summed E-state index contributed by atoms with van der Waals surface area (Å²) in [6.07, 6.45) is -4.67. The van der Waals surface area contributed by atoms with E-state index in [1.54, 1.807) is 21.9 Å². The van der Waals surface area contributed by atoms with Crippen molar-refractivity contribution in [1.82, 2.24) is 10.2 Å². The second kappa shape index (κ2) is 9.61. The second-order valence-corrected chi connectivity index (χ2v) is 7.73. The molecule has 0 atom stereocenters. The van der Waals surface area contributed by atoms with Crippen LogP contribution in [-0.4, -0.2) is 54.1 Å². The van der Waals surface area contributed by atoms with E-state index < -0.39 is 28.3 Å². The largest absolute Gasteiger partial charge is 0.496 e. The summed E-state index contributed by atoms with van der Waals surface area (Å²) in [5.41, 5.74) is -0.457. The van der Waals surface area contributed by atoms with E-state index in [0.717, 1.165) is 17.7 Å². The van der Waals surface area contributed by atoms with Crippen molar-refractivity contribution in [3.63, 3.8) is 0 Å². The number of carbonyl (C=O) groups excluding carboxylic acids is 1. The lowest BCUT2D eigenvalue weighted by atomic mass is 10.1. The molecule has 0 saturated carbocycles. The number of nitro benzene ring substituents is 1. The number of halogens is 3. The molecule has 0 aliphatic carbocycles. The number of thiocarbonyl (C=S) groups is 1. The number of hydrogen-bond donors (Lipinski definition) is 1. The van der Waals surface area contributed by atoms with Gasteiger partial charge in [-0.25, -0.2) is 0 Å². The van der Waals surface area contributed by atoms with Gasteiger partial charge in [0.15, 0.2) is 5.11 Å². The molecule has 1 fully saturated rings. The number of amides is 1. The van der Waals surface area contributed by atoms with Crippen LogP contribution in [0.2, 0.25) is 0 Å². The Morgan fingerprint density at radius 1 is 1.18 bits per heavy atom. The second-order valence-electron chi connectivity index (χ2n) is 7.35. The number of alkyl halides is 3. The molecule has 1 heterocycles. The van der Waals surface area contributed by atoms with E-state index in [4.69, 9.17) is 17.0 Å². The number of para-hydroxylation sites is 1. The van der Waals surface area contributed by atoms with Gasteiger partial charge in [-0.2, -0.15) is 13.2 Å². The van der Waals surface area contributed by atoms with Crippen LogP contribution < -0.4 is 15.0 Å². The summed E-state index contributed by atoms with van der Waals surface area (Å²) in [5, 5.41) is 14.2. The first-order valence-electron chi connectivity index (χ1n) is 9.87. The highest BCUT2D eigenvalue weighted by Crippen LogP contribution is 2.36. The lowest BCUT2D eigenvalue weighted by Gasteiger charge is -2.37. The average Bonchev–Trinajstić information content (AvgIpc) is 2.77. The number of carbonyl (C=O) groups is 1. The Morgan fingerprint density at radius 3 is 2.42 bits per heavy atom. The number of nitro groups is 1. The molecule has 1 aliphatic rings. The number of rotatable bonds is 4. The number of hydrogen-bond acceptors (Lipinski definition) is 6. The molecule has 2 aromatic rings. The highest BCUT2D eigenvalue weighted by Gasteiger charge is 2.34. The topological polar surface area (TPSA) is 88.0 Å². The summed E-state index contributed by atoms with van der Waals surface area (Å²) >= 11 is 5.34. The van der Waals surface area contributed by atoms with Crippen molar-refractivity contribution in [3.8, 4) is 5.75 Å². The lowest BCUT2D eigenvalue weighted by molar-refractivity contribution is -0.384. The van der Waals surface area contributed by atoms with E-state index in [9.17, 15) is 28.1 Å². The SMILES string of the molecule is COc1c(C)cccc1C(=O)NC(=S)N1CCN(c2ccc(C(F)(F)F)cc2[N+](=O)[O-])CC1. The standard InChI is InChI=1S/C21H21F3N4O4S/c1-13-4-3-5-15(18(13)32-2)19(29)25-20(33)27-10-8-26(9-11-27)16-7-6-14(21(22,23)24)12-17(16)28(30)31/h3-7,12H,8-11H2,1-2H3,(H,25,29,33). The Morgan fingerprint density at radius 2 is 1.85 bits per heavy atom. The Bertz CT molecular complexity index is 1090. The summed E-state index contributed by atoms with van der Waals surface area (Å²) in [4.78, 5) is 26.6. The number of nitrogens with zero attached hydrogens (tertiary/aromatic N) is 3. The fourth-order valence-electron chi connectivity index (χ4n) is 3.61. The summed E-state index contributed by atoms with van der Waals surface area (Å²) in [6.45, 7) is 3.00. The molecular formula is C21H21F3N4O4S. The van der Waals surface area contributed by atoms with Crippen molar-refractivity contribution in [2.45, 2.75) is 13.1 Å². The molecule has 1 saturated heterocycles. The van der Waals surface area contributed by atoms with Crippen molar-refractivity contribution >= 4 is 34.6 Å². The highest BCUT2D eigenvalue weighted by atomic mass is 32.1. The smallest absolute Gasteiger partial charge is 0.416 e. The molecule has 0 aromatic heterocycles. The predicted molar refractivity (Wildman–Crippen MR) is 120 cm³/mol. The van der Waals surface area contributed by atoms with Gasteiger partial charge in [-0.15, -0.1) is 0 Å². The first-order valence-corrected chi connectivity index (χ1v) is 10.3. The van der Waals surface area contributed by atoms with Crippen LogP contribution >= 0.6 is 12.2 Å². The number of aryl methyl sites for hydroxylation is 1. The van der Waals surface area contributed by atoms with Gasteiger partial charge < -0.3 is 14.5 Å². The van der Waals surface area contributed by atoms with Gasteiger partial charge >= 0.3 is 6.18 Å². The Kier molecular flexibility index (Phi) is 7.06. The molecule has 1 N–H and O–H groups in total. The molecule has 0 bridgehead atoms. The third-order valence-electron chi connectivity index (χ3n) is 5.29. The molecular weight excluding hydrogens is 461 g/mol. The van der Waals surface area contributed by atoms with Crippen molar-refractivity contribution in [2.75, 3.05) is 38.2 Å². The van der Waals surface area contributed by atoms with Crippen LogP contribution in [0.1, 0.15) is 21.5 Å². The average molecular weight is 482 g/mol. The molecule has 12 heteroatoms. The van der Waals surface area contributed by atoms with Crippen LogP contribution in [0.25, 0.3) is 0 Å². The number of benzene rings is 2. The van der Waals surface area contributed by atoms with E-state index in [1.807, 2.05) is 13.0 Å². The van der Waals surface area contributed by atoms with Crippen molar-refractivity contribution in [2.24, 2.45) is 0 Å². The van der Waals surface area contributed by atoms with E-state index in [1.165, 1.54) is 7.11 Å². The highest BCUT2D eigenvalue weighted by molar-refractivity contribution is 7.80. The van der Waals surface area contributed by atoms with Gasteiger partial charge in [-0.1, -0.05) is 12.1 Å². The van der Waals surface area contributed by atoms with Crippen LogP contribution in [-0.2, 0) is 6.18 Å². The maximum atomic E-state index is 12.9. The molecule has 0 radical (unpaired) electrons. The van der Waals surface area contributed by atoms with Crippen LogP contribution in [0, 0.1) is 17.0 Å². The Labute approximate surface area is 193 Å². The van der Waals surface area contributed by atoms with E-state index in [0.29, 0.717) is 30.5 Å². The van der Waals surface area contributed by atoms with Gasteiger partial charge in [0.2, 0.25) is 0 Å². The minimum absolute atomic E-state index is 0.104. The van der Waals surface area contributed by atoms with Gasteiger partial charge in [0, 0.05) is 32.2 Å². The molecule has 0 unspecified atom stereocenters. The molecule has 2 aromatic carbocycles. The maximum absolute atomic E-state index is 12.9. The summed E-state index contributed by atoms with van der Waals surface area (Å²) in [6, 6.07) is 7.64. The van der Waals surface area contributed by atoms with Crippen LogP contribution in [0.4, 0.5) is 24.5 Å². The van der Waals surface area contributed by atoms with Gasteiger partial charge in [0.1, 0.15) is 11.4 Å². The van der Waals surface area contributed by atoms with Crippen LogP contribution in [0.5, 0.6) is 5.75 Å². The molecule has 3 rings (SSSR count). The maximum Gasteiger partial charge on any atom is 0.416 e. The summed E-state index contributed by atoms with van der Waals surface area (Å²) in [7, 11) is 1.47. The molecule has 33 heavy (non-hydrogen) atoms. The molecule has 1 amide bonds. The fourth-order valence-corrected chi connectivity index (χ4v) is 3.88. The zero-order valence-electron chi connectivity index (χ0n) is 17.8. The number of piperazine rings is 1. The van der Waals surface area contributed by atoms with Gasteiger partial charge in [-0.05, 0) is 42.9 Å². The van der Waals surface area contributed by atoms with E-state index >= 15 is 0 Å². The minimum Gasteiger partial charge on any atom is -0.496 e.